The molecule has 106 valence electrons. The van der Waals surface area contributed by atoms with Crippen molar-refractivity contribution in [2.75, 3.05) is 13.6 Å². The maximum atomic E-state index is 4.90. The molecule has 0 unspecified atom stereocenters. The third-order valence-electron chi connectivity index (χ3n) is 4.30. The molecule has 2 nitrogen and oxygen atoms in total. The minimum absolute atomic E-state index is 0.547. The highest BCUT2D eigenvalue weighted by Gasteiger charge is 2.20. The Morgan fingerprint density at radius 1 is 1.35 bits per heavy atom. The van der Waals surface area contributed by atoms with E-state index in [0.29, 0.717) is 5.92 Å². The molecule has 3 rings (SSSR count). The fourth-order valence-electron chi connectivity index (χ4n) is 3.02. The van der Waals surface area contributed by atoms with Gasteiger partial charge < -0.3 is 4.90 Å². The van der Waals surface area contributed by atoms with Crippen LogP contribution in [0.5, 0.6) is 0 Å². The van der Waals surface area contributed by atoms with Crippen LogP contribution in [0.1, 0.15) is 42.1 Å². The first-order valence-corrected chi connectivity index (χ1v) is 7.97. The second kappa shape index (κ2) is 5.38. The Hall–Kier alpha value is -1.06. The standard InChI is InChI=1S/C17H22N2S/c1-11(2)12-4-5-16-13(8-12)15(10-20)14-9-19(3)7-6-17(14)18-16/h4-5,8,11,20H,6-7,9-10H2,1-3H3. The van der Waals surface area contributed by atoms with Crippen LogP contribution in [-0.4, -0.2) is 23.5 Å². The van der Waals surface area contributed by atoms with Gasteiger partial charge in [0.2, 0.25) is 0 Å². The lowest BCUT2D eigenvalue weighted by Gasteiger charge is -2.27. The van der Waals surface area contributed by atoms with E-state index in [1.165, 1.54) is 27.8 Å². The van der Waals surface area contributed by atoms with Crippen molar-refractivity contribution in [2.24, 2.45) is 0 Å². The number of thiol groups is 1. The summed E-state index contributed by atoms with van der Waals surface area (Å²) in [7, 11) is 2.18. The average Bonchev–Trinajstić information content (AvgIpc) is 2.44. The molecule has 0 saturated carbocycles. The van der Waals surface area contributed by atoms with Gasteiger partial charge in [-0.1, -0.05) is 19.9 Å². The molecule has 0 N–H and O–H groups in total. The van der Waals surface area contributed by atoms with Gasteiger partial charge in [-0.05, 0) is 41.8 Å². The molecule has 1 aromatic carbocycles. The quantitative estimate of drug-likeness (QED) is 0.846. The van der Waals surface area contributed by atoms with Crippen molar-refractivity contribution in [1.82, 2.24) is 9.88 Å². The first kappa shape index (κ1) is 13.9. The van der Waals surface area contributed by atoms with E-state index in [1.54, 1.807) is 0 Å². The molecule has 0 spiro atoms. The third-order valence-corrected chi connectivity index (χ3v) is 4.61. The molecular formula is C17H22N2S. The zero-order valence-electron chi connectivity index (χ0n) is 12.5. The van der Waals surface area contributed by atoms with Crippen LogP contribution < -0.4 is 0 Å². The molecule has 0 fully saturated rings. The van der Waals surface area contributed by atoms with Crippen LogP contribution in [0.2, 0.25) is 0 Å². The molecule has 2 heterocycles. The summed E-state index contributed by atoms with van der Waals surface area (Å²) in [5.41, 5.74) is 6.56. The van der Waals surface area contributed by atoms with Gasteiger partial charge in [-0.15, -0.1) is 0 Å². The summed E-state index contributed by atoms with van der Waals surface area (Å²) in [5, 5.41) is 1.29. The van der Waals surface area contributed by atoms with Crippen molar-refractivity contribution in [3.05, 3.63) is 40.6 Å². The number of aromatic nitrogens is 1. The van der Waals surface area contributed by atoms with Crippen LogP contribution in [0, 0.1) is 0 Å². The molecule has 1 aliphatic rings. The molecule has 0 amide bonds. The van der Waals surface area contributed by atoms with Gasteiger partial charge in [-0.25, -0.2) is 0 Å². The number of benzene rings is 1. The summed E-state index contributed by atoms with van der Waals surface area (Å²) in [6, 6.07) is 6.70. The Kier molecular flexibility index (Phi) is 3.74. The molecule has 0 atom stereocenters. The number of fused-ring (bicyclic) bond motifs is 2. The molecule has 0 saturated heterocycles. The van der Waals surface area contributed by atoms with E-state index < -0.39 is 0 Å². The fourth-order valence-corrected chi connectivity index (χ4v) is 3.38. The van der Waals surface area contributed by atoms with Gasteiger partial charge >= 0.3 is 0 Å². The van der Waals surface area contributed by atoms with E-state index in [9.17, 15) is 0 Å². The summed E-state index contributed by atoms with van der Waals surface area (Å²) in [5.74, 6) is 1.34. The van der Waals surface area contributed by atoms with E-state index >= 15 is 0 Å². The SMILES string of the molecule is CC(C)c1ccc2nc3c(c(CS)c2c1)CN(C)CC3. The second-order valence-corrected chi connectivity index (χ2v) is 6.41. The smallest absolute Gasteiger partial charge is 0.0708 e. The average molecular weight is 286 g/mol. The summed E-state index contributed by atoms with van der Waals surface area (Å²) < 4.78 is 0. The summed E-state index contributed by atoms with van der Waals surface area (Å²) >= 11 is 4.59. The first-order valence-electron chi connectivity index (χ1n) is 7.34. The van der Waals surface area contributed by atoms with Crippen LogP contribution in [0.15, 0.2) is 18.2 Å². The Bertz CT molecular complexity index is 649. The minimum Gasteiger partial charge on any atom is -0.302 e. The largest absolute Gasteiger partial charge is 0.302 e. The highest BCUT2D eigenvalue weighted by Crippen LogP contribution is 2.30. The van der Waals surface area contributed by atoms with Crippen LogP contribution >= 0.6 is 12.6 Å². The van der Waals surface area contributed by atoms with E-state index in [2.05, 4.69) is 56.6 Å². The maximum Gasteiger partial charge on any atom is 0.0708 e. The first-order chi connectivity index (χ1) is 9.60. The highest BCUT2D eigenvalue weighted by atomic mass is 32.1. The molecular weight excluding hydrogens is 264 g/mol. The number of nitrogens with zero attached hydrogens (tertiary/aromatic N) is 2. The lowest BCUT2D eigenvalue weighted by atomic mass is 9.94. The van der Waals surface area contributed by atoms with Gasteiger partial charge in [0, 0.05) is 36.3 Å². The normalized spacial score (nSPS) is 15.8. The van der Waals surface area contributed by atoms with Crippen molar-refractivity contribution >= 4 is 23.5 Å². The molecule has 0 bridgehead atoms. The molecule has 0 radical (unpaired) electrons. The zero-order valence-corrected chi connectivity index (χ0v) is 13.4. The number of hydrogen-bond donors (Lipinski definition) is 1. The Morgan fingerprint density at radius 3 is 2.85 bits per heavy atom. The Morgan fingerprint density at radius 2 is 2.15 bits per heavy atom. The van der Waals surface area contributed by atoms with Crippen molar-refractivity contribution in [1.29, 1.82) is 0 Å². The lowest BCUT2D eigenvalue weighted by molar-refractivity contribution is 0.309. The zero-order chi connectivity index (χ0) is 14.3. The predicted molar refractivity (Wildman–Crippen MR) is 88.6 cm³/mol. The van der Waals surface area contributed by atoms with Crippen LogP contribution in [0.4, 0.5) is 0 Å². The van der Waals surface area contributed by atoms with Crippen LogP contribution in [0.25, 0.3) is 10.9 Å². The number of pyridine rings is 1. The van der Waals surface area contributed by atoms with Crippen molar-refractivity contribution < 1.29 is 0 Å². The van der Waals surface area contributed by atoms with Gasteiger partial charge in [0.15, 0.2) is 0 Å². The minimum atomic E-state index is 0.547. The molecule has 1 aromatic heterocycles. The fraction of sp³-hybridized carbons (Fsp3) is 0.471. The Balaban J connectivity index is 2.25. The van der Waals surface area contributed by atoms with Gasteiger partial charge in [-0.3, -0.25) is 4.98 Å². The number of rotatable bonds is 2. The van der Waals surface area contributed by atoms with Gasteiger partial charge in [0.1, 0.15) is 0 Å². The Labute approximate surface area is 126 Å². The van der Waals surface area contributed by atoms with Crippen LogP contribution in [0.3, 0.4) is 0 Å². The van der Waals surface area contributed by atoms with E-state index in [-0.39, 0.29) is 0 Å². The van der Waals surface area contributed by atoms with Crippen molar-refractivity contribution in [3.8, 4) is 0 Å². The summed E-state index contributed by atoms with van der Waals surface area (Å²) in [6.45, 7) is 6.57. The third kappa shape index (κ3) is 2.33. The van der Waals surface area contributed by atoms with Gasteiger partial charge in [-0.2, -0.15) is 12.6 Å². The monoisotopic (exact) mass is 286 g/mol. The lowest BCUT2D eigenvalue weighted by Crippen LogP contribution is -2.28. The highest BCUT2D eigenvalue weighted by molar-refractivity contribution is 7.79. The maximum absolute atomic E-state index is 4.90. The van der Waals surface area contributed by atoms with Gasteiger partial charge in [0.25, 0.3) is 0 Å². The van der Waals surface area contributed by atoms with Crippen molar-refractivity contribution in [3.63, 3.8) is 0 Å². The van der Waals surface area contributed by atoms with E-state index in [1.807, 2.05) is 0 Å². The number of likely N-dealkylation sites (N-methyl/N-ethyl adjacent to an activating group) is 1. The molecule has 1 aliphatic heterocycles. The predicted octanol–water partition coefficient (Wildman–Crippen LogP) is 3.78. The summed E-state index contributed by atoms with van der Waals surface area (Å²) in [4.78, 5) is 7.27. The molecule has 20 heavy (non-hydrogen) atoms. The molecule has 3 heteroatoms. The topological polar surface area (TPSA) is 16.1 Å². The van der Waals surface area contributed by atoms with E-state index in [0.717, 1.165) is 30.8 Å². The molecule has 2 aromatic rings. The number of hydrogen-bond acceptors (Lipinski definition) is 3. The second-order valence-electron chi connectivity index (χ2n) is 6.09. The van der Waals surface area contributed by atoms with Crippen molar-refractivity contribution in [2.45, 2.75) is 38.5 Å². The van der Waals surface area contributed by atoms with E-state index in [4.69, 9.17) is 4.98 Å². The van der Waals surface area contributed by atoms with Gasteiger partial charge in [0.05, 0.1) is 5.52 Å². The summed E-state index contributed by atoms with van der Waals surface area (Å²) in [6.07, 6.45) is 1.05. The van der Waals surface area contributed by atoms with Crippen LogP contribution in [-0.2, 0) is 18.7 Å². The molecule has 0 aliphatic carbocycles.